The van der Waals surface area contributed by atoms with E-state index in [0.29, 0.717) is 5.56 Å². The van der Waals surface area contributed by atoms with Crippen molar-refractivity contribution in [2.75, 3.05) is 5.75 Å². The summed E-state index contributed by atoms with van der Waals surface area (Å²) in [6, 6.07) is 14.6. The van der Waals surface area contributed by atoms with Crippen molar-refractivity contribution in [1.82, 2.24) is 0 Å². The quantitative estimate of drug-likeness (QED) is 0.731. The Morgan fingerprint density at radius 3 is 2.26 bits per heavy atom. The topological polar surface area (TPSA) is 43.4 Å². The summed E-state index contributed by atoms with van der Waals surface area (Å²) in [6.45, 7) is 1.88. The molecule has 0 spiro atoms. The van der Waals surface area contributed by atoms with Crippen LogP contribution in [0.25, 0.3) is 0 Å². The lowest BCUT2D eigenvalue weighted by molar-refractivity contribution is -0.173. The van der Waals surface area contributed by atoms with Crippen molar-refractivity contribution in [3.63, 3.8) is 0 Å². The smallest absolute Gasteiger partial charge is 0.395 e. The highest BCUT2D eigenvalue weighted by Gasteiger charge is 2.43. The van der Waals surface area contributed by atoms with E-state index in [-0.39, 0.29) is 17.1 Å². The molecule has 0 aromatic heterocycles. The van der Waals surface area contributed by atoms with Gasteiger partial charge in [0.1, 0.15) is 17.6 Å². The number of allylic oxidation sites excluding steroid dienone is 1. The van der Waals surface area contributed by atoms with E-state index in [4.69, 9.17) is 4.74 Å². The van der Waals surface area contributed by atoms with Gasteiger partial charge in [-0.3, -0.25) is 0 Å². The molecule has 0 unspecified atom stereocenters. The average molecular weight is 396 g/mol. The Kier molecular flexibility index (Phi) is 5.33. The number of halogens is 3. The highest BCUT2D eigenvalue weighted by Crippen LogP contribution is 2.41. The first-order valence-electron chi connectivity index (χ1n) is 8.43. The van der Waals surface area contributed by atoms with E-state index >= 15 is 0 Å². The molecular formula is C20H19F3O3S. The minimum atomic E-state index is -4.46. The lowest BCUT2D eigenvalue weighted by Gasteiger charge is -2.31. The molecule has 0 saturated heterocycles. The van der Waals surface area contributed by atoms with Crippen LogP contribution in [-0.2, 0) is 14.6 Å². The van der Waals surface area contributed by atoms with Crippen molar-refractivity contribution in [3.8, 4) is 0 Å². The highest BCUT2D eigenvalue weighted by atomic mass is 32.2. The standard InChI is InChI=1S/C20H19F3O3S/c1-14-7-9-15(10-8-14)19-12-16(20(21,22)23)11-17(26-19)13-27(24,25)18-5-3-2-4-6-18/h2-11,16,19H,12-13H2,1H3/t16-,19+/m0/s1. The molecular weight excluding hydrogens is 377 g/mol. The van der Waals surface area contributed by atoms with Crippen LogP contribution in [0.1, 0.15) is 23.7 Å². The normalized spacial score (nSPS) is 20.7. The minimum Gasteiger partial charge on any atom is -0.489 e. The summed E-state index contributed by atoms with van der Waals surface area (Å²) < 4.78 is 70.9. The van der Waals surface area contributed by atoms with E-state index in [2.05, 4.69) is 0 Å². The first-order chi connectivity index (χ1) is 12.6. The van der Waals surface area contributed by atoms with Crippen LogP contribution in [0.15, 0.2) is 71.3 Å². The molecule has 0 fully saturated rings. The third kappa shape index (κ3) is 4.71. The zero-order valence-corrected chi connectivity index (χ0v) is 15.4. The van der Waals surface area contributed by atoms with Crippen LogP contribution in [-0.4, -0.2) is 20.3 Å². The van der Waals surface area contributed by atoms with E-state index < -0.39 is 33.8 Å². The molecule has 7 heteroatoms. The Balaban J connectivity index is 1.90. The molecule has 0 saturated carbocycles. The van der Waals surface area contributed by atoms with E-state index in [1.165, 1.54) is 12.1 Å². The monoisotopic (exact) mass is 396 g/mol. The largest absolute Gasteiger partial charge is 0.489 e. The van der Waals surface area contributed by atoms with E-state index in [1.807, 2.05) is 6.92 Å². The zero-order valence-electron chi connectivity index (χ0n) is 14.6. The summed E-state index contributed by atoms with van der Waals surface area (Å²) in [4.78, 5) is 0.0514. The Hall–Kier alpha value is -2.28. The van der Waals surface area contributed by atoms with E-state index in [0.717, 1.165) is 11.6 Å². The van der Waals surface area contributed by atoms with Gasteiger partial charge in [-0.25, -0.2) is 8.42 Å². The number of hydrogen-bond acceptors (Lipinski definition) is 3. The second kappa shape index (κ2) is 7.38. The van der Waals surface area contributed by atoms with Gasteiger partial charge in [-0.1, -0.05) is 48.0 Å². The first kappa shape index (κ1) is 19.5. The predicted molar refractivity (Wildman–Crippen MR) is 95.7 cm³/mol. The van der Waals surface area contributed by atoms with Crippen LogP contribution >= 0.6 is 0 Å². The van der Waals surface area contributed by atoms with Crippen LogP contribution < -0.4 is 0 Å². The summed E-state index contributed by atoms with van der Waals surface area (Å²) in [6.07, 6.45) is -4.69. The van der Waals surface area contributed by atoms with Crippen molar-refractivity contribution >= 4 is 9.84 Å². The molecule has 144 valence electrons. The summed E-state index contributed by atoms with van der Waals surface area (Å²) in [7, 11) is -3.80. The lowest BCUT2D eigenvalue weighted by atomic mass is 9.93. The molecule has 27 heavy (non-hydrogen) atoms. The number of ether oxygens (including phenoxy) is 1. The van der Waals surface area contributed by atoms with Gasteiger partial charge in [0.2, 0.25) is 0 Å². The molecule has 2 aromatic carbocycles. The van der Waals surface area contributed by atoms with Gasteiger partial charge < -0.3 is 4.74 Å². The molecule has 3 rings (SSSR count). The summed E-state index contributed by atoms with van der Waals surface area (Å²) in [5.41, 5.74) is 1.57. The average Bonchev–Trinajstić information content (AvgIpc) is 2.62. The lowest BCUT2D eigenvalue weighted by Crippen LogP contribution is -2.29. The molecule has 0 aliphatic carbocycles. The van der Waals surface area contributed by atoms with Gasteiger partial charge in [0, 0.05) is 6.42 Å². The van der Waals surface area contributed by atoms with Gasteiger partial charge in [0.05, 0.1) is 10.8 Å². The Morgan fingerprint density at radius 1 is 1.04 bits per heavy atom. The summed E-state index contributed by atoms with van der Waals surface area (Å²) in [5, 5.41) is 0. The fraction of sp³-hybridized carbons (Fsp3) is 0.300. The van der Waals surface area contributed by atoms with E-state index in [9.17, 15) is 21.6 Å². The van der Waals surface area contributed by atoms with Gasteiger partial charge in [-0.15, -0.1) is 0 Å². The van der Waals surface area contributed by atoms with Crippen molar-refractivity contribution < 1.29 is 26.3 Å². The molecule has 0 radical (unpaired) electrons. The molecule has 1 heterocycles. The van der Waals surface area contributed by atoms with Gasteiger partial charge in [0.25, 0.3) is 0 Å². The fourth-order valence-corrected chi connectivity index (χ4v) is 4.26. The number of rotatable bonds is 4. The number of sulfone groups is 1. The third-order valence-electron chi connectivity index (χ3n) is 4.45. The number of benzene rings is 2. The Labute approximate surface area is 156 Å². The molecule has 2 aromatic rings. The number of hydrogen-bond donors (Lipinski definition) is 0. The molecule has 0 amide bonds. The molecule has 2 atom stereocenters. The van der Waals surface area contributed by atoms with Crippen LogP contribution in [0.4, 0.5) is 13.2 Å². The second-order valence-corrected chi connectivity index (χ2v) is 8.60. The second-order valence-electron chi connectivity index (χ2n) is 6.61. The zero-order chi connectivity index (χ0) is 19.7. The van der Waals surface area contributed by atoms with Gasteiger partial charge in [-0.05, 0) is 30.7 Å². The maximum absolute atomic E-state index is 13.4. The predicted octanol–water partition coefficient (Wildman–Crippen LogP) is 4.99. The van der Waals surface area contributed by atoms with Crippen molar-refractivity contribution in [3.05, 3.63) is 77.6 Å². The van der Waals surface area contributed by atoms with Gasteiger partial charge in [-0.2, -0.15) is 13.2 Å². The molecule has 1 aliphatic heterocycles. The fourth-order valence-electron chi connectivity index (χ4n) is 2.99. The van der Waals surface area contributed by atoms with Crippen LogP contribution in [0.5, 0.6) is 0 Å². The van der Waals surface area contributed by atoms with E-state index in [1.54, 1.807) is 42.5 Å². The SMILES string of the molecule is Cc1ccc([C@H]2C[C@@H](C(F)(F)F)C=C(CS(=O)(=O)c3ccccc3)O2)cc1. The summed E-state index contributed by atoms with van der Waals surface area (Å²) >= 11 is 0. The van der Waals surface area contributed by atoms with Gasteiger partial charge >= 0.3 is 6.18 Å². The Morgan fingerprint density at radius 2 is 1.67 bits per heavy atom. The maximum Gasteiger partial charge on any atom is 0.395 e. The van der Waals surface area contributed by atoms with Crippen LogP contribution in [0, 0.1) is 12.8 Å². The highest BCUT2D eigenvalue weighted by molar-refractivity contribution is 7.91. The van der Waals surface area contributed by atoms with Crippen molar-refractivity contribution in [2.45, 2.75) is 30.5 Å². The third-order valence-corrected chi connectivity index (χ3v) is 6.11. The molecule has 1 aliphatic rings. The minimum absolute atomic E-state index is 0.0514. The first-order valence-corrected chi connectivity index (χ1v) is 10.1. The van der Waals surface area contributed by atoms with Gasteiger partial charge in [0.15, 0.2) is 9.84 Å². The van der Waals surface area contributed by atoms with Crippen molar-refractivity contribution in [1.29, 1.82) is 0 Å². The molecule has 0 N–H and O–H groups in total. The van der Waals surface area contributed by atoms with Crippen LogP contribution in [0.3, 0.4) is 0 Å². The summed E-state index contributed by atoms with van der Waals surface area (Å²) in [5.74, 6) is -2.53. The maximum atomic E-state index is 13.4. The molecule has 3 nitrogen and oxygen atoms in total. The Bertz CT molecular complexity index is 917. The van der Waals surface area contributed by atoms with Crippen LogP contribution in [0.2, 0.25) is 0 Å². The van der Waals surface area contributed by atoms with Crippen molar-refractivity contribution in [2.24, 2.45) is 5.92 Å². The number of alkyl halides is 3. The molecule has 0 bridgehead atoms. The number of aryl methyl sites for hydroxylation is 1.